The highest BCUT2D eigenvalue weighted by atomic mass is 19.1. The minimum Gasteiger partial charge on any atom is -0.476 e. The summed E-state index contributed by atoms with van der Waals surface area (Å²) in [6.07, 6.45) is 0. The monoisotopic (exact) mass is 314 g/mol. The topological polar surface area (TPSA) is 67.4 Å². The van der Waals surface area contributed by atoms with E-state index in [9.17, 15) is 14.0 Å². The summed E-state index contributed by atoms with van der Waals surface area (Å²) in [4.78, 5) is 24.0. The standard InChI is InChI=1S/C17H15FN2O3/c1-17(2)16(22)20-13-9-12(6-7-14(13)23-17)19-15(21)10-4-3-5-11(18)8-10/h3-9H,1-2H3,(H,19,21)(H,20,22). The van der Waals surface area contributed by atoms with Crippen molar-refractivity contribution in [2.75, 3.05) is 10.6 Å². The lowest BCUT2D eigenvalue weighted by atomic mass is 10.1. The van der Waals surface area contributed by atoms with Gasteiger partial charge in [0.1, 0.15) is 11.6 Å². The first-order valence-electron chi connectivity index (χ1n) is 7.06. The van der Waals surface area contributed by atoms with Gasteiger partial charge < -0.3 is 15.4 Å². The van der Waals surface area contributed by atoms with Crippen LogP contribution in [0.2, 0.25) is 0 Å². The van der Waals surface area contributed by atoms with Crippen LogP contribution in [0.4, 0.5) is 15.8 Å². The van der Waals surface area contributed by atoms with E-state index in [0.29, 0.717) is 17.1 Å². The molecule has 0 spiro atoms. The maximum Gasteiger partial charge on any atom is 0.268 e. The summed E-state index contributed by atoms with van der Waals surface area (Å²) < 4.78 is 18.8. The molecule has 0 aliphatic carbocycles. The lowest BCUT2D eigenvalue weighted by molar-refractivity contribution is -0.129. The minimum absolute atomic E-state index is 0.212. The Hall–Kier alpha value is -2.89. The molecule has 0 aromatic heterocycles. The van der Waals surface area contributed by atoms with Crippen LogP contribution < -0.4 is 15.4 Å². The molecule has 118 valence electrons. The van der Waals surface area contributed by atoms with E-state index in [1.165, 1.54) is 18.2 Å². The molecule has 0 fully saturated rings. The van der Waals surface area contributed by atoms with Gasteiger partial charge in [-0.1, -0.05) is 6.07 Å². The largest absolute Gasteiger partial charge is 0.476 e. The predicted molar refractivity (Wildman–Crippen MR) is 84.1 cm³/mol. The molecule has 1 aliphatic rings. The van der Waals surface area contributed by atoms with Gasteiger partial charge in [-0.05, 0) is 50.2 Å². The van der Waals surface area contributed by atoms with E-state index >= 15 is 0 Å². The van der Waals surface area contributed by atoms with Crippen LogP contribution in [0.5, 0.6) is 5.75 Å². The van der Waals surface area contributed by atoms with Crippen molar-refractivity contribution in [2.24, 2.45) is 0 Å². The Morgan fingerprint density at radius 2 is 2.00 bits per heavy atom. The summed E-state index contributed by atoms with van der Waals surface area (Å²) in [5.41, 5.74) is 0.219. The first-order chi connectivity index (χ1) is 10.8. The zero-order valence-corrected chi connectivity index (χ0v) is 12.6. The first kappa shape index (κ1) is 15.0. The van der Waals surface area contributed by atoms with Gasteiger partial charge in [0.15, 0.2) is 5.60 Å². The zero-order valence-electron chi connectivity index (χ0n) is 12.6. The van der Waals surface area contributed by atoms with Gasteiger partial charge in [0.05, 0.1) is 5.69 Å². The van der Waals surface area contributed by atoms with Crippen LogP contribution in [0.1, 0.15) is 24.2 Å². The number of hydrogen-bond acceptors (Lipinski definition) is 3. The normalized spacial score (nSPS) is 15.2. The number of fused-ring (bicyclic) bond motifs is 1. The molecular formula is C17H15FN2O3. The number of nitrogens with one attached hydrogen (secondary N) is 2. The number of ether oxygens (including phenoxy) is 1. The van der Waals surface area contributed by atoms with Crippen LogP contribution in [0.15, 0.2) is 42.5 Å². The molecule has 3 rings (SSSR count). The summed E-state index contributed by atoms with van der Waals surface area (Å²) in [6.45, 7) is 3.34. The average molecular weight is 314 g/mol. The van der Waals surface area contributed by atoms with Gasteiger partial charge in [0.25, 0.3) is 11.8 Å². The highest BCUT2D eigenvalue weighted by Crippen LogP contribution is 2.35. The molecule has 1 aliphatic heterocycles. The van der Waals surface area contributed by atoms with Crippen molar-refractivity contribution in [3.8, 4) is 5.75 Å². The quantitative estimate of drug-likeness (QED) is 0.894. The van der Waals surface area contributed by atoms with Crippen molar-refractivity contribution >= 4 is 23.2 Å². The summed E-state index contributed by atoms with van der Waals surface area (Å²) in [6, 6.07) is 10.3. The van der Waals surface area contributed by atoms with Crippen LogP contribution in [0, 0.1) is 5.82 Å². The van der Waals surface area contributed by atoms with Crippen LogP contribution in [-0.4, -0.2) is 17.4 Å². The highest BCUT2D eigenvalue weighted by molar-refractivity contribution is 6.05. The maximum absolute atomic E-state index is 13.2. The second-order valence-corrected chi connectivity index (χ2v) is 5.74. The fourth-order valence-corrected chi connectivity index (χ4v) is 2.22. The molecule has 2 N–H and O–H groups in total. The molecule has 2 amide bonds. The molecule has 2 aromatic rings. The van der Waals surface area contributed by atoms with Crippen molar-refractivity contribution in [2.45, 2.75) is 19.4 Å². The molecule has 0 radical (unpaired) electrons. The van der Waals surface area contributed by atoms with Gasteiger partial charge in [-0.15, -0.1) is 0 Å². The van der Waals surface area contributed by atoms with E-state index in [-0.39, 0.29) is 11.5 Å². The molecule has 0 saturated carbocycles. The molecule has 23 heavy (non-hydrogen) atoms. The first-order valence-corrected chi connectivity index (χ1v) is 7.06. The second kappa shape index (κ2) is 5.39. The van der Waals surface area contributed by atoms with Crippen LogP contribution in [-0.2, 0) is 4.79 Å². The average Bonchev–Trinajstić information content (AvgIpc) is 2.48. The van der Waals surface area contributed by atoms with Gasteiger partial charge in [0.2, 0.25) is 0 Å². The van der Waals surface area contributed by atoms with Gasteiger partial charge in [0, 0.05) is 11.3 Å². The van der Waals surface area contributed by atoms with Crippen LogP contribution >= 0.6 is 0 Å². The Labute approximate surface area is 132 Å². The number of rotatable bonds is 2. The summed E-state index contributed by atoms with van der Waals surface area (Å²) in [7, 11) is 0. The van der Waals surface area contributed by atoms with E-state index in [2.05, 4.69) is 10.6 Å². The van der Waals surface area contributed by atoms with E-state index in [0.717, 1.165) is 6.07 Å². The van der Waals surface area contributed by atoms with E-state index in [1.54, 1.807) is 32.0 Å². The Kier molecular flexibility index (Phi) is 3.52. The lowest BCUT2D eigenvalue weighted by Gasteiger charge is -2.31. The zero-order chi connectivity index (χ0) is 16.6. The van der Waals surface area contributed by atoms with Crippen molar-refractivity contribution in [1.82, 2.24) is 0 Å². The van der Waals surface area contributed by atoms with Crippen molar-refractivity contribution < 1.29 is 18.7 Å². The third kappa shape index (κ3) is 3.01. The van der Waals surface area contributed by atoms with Crippen molar-refractivity contribution in [1.29, 1.82) is 0 Å². The molecule has 1 heterocycles. The van der Waals surface area contributed by atoms with Gasteiger partial charge in [-0.25, -0.2) is 4.39 Å². The summed E-state index contributed by atoms with van der Waals surface area (Å²) in [5.74, 6) is -0.657. The van der Waals surface area contributed by atoms with E-state index in [4.69, 9.17) is 4.74 Å². The second-order valence-electron chi connectivity index (χ2n) is 5.74. The fourth-order valence-electron chi connectivity index (χ4n) is 2.22. The maximum atomic E-state index is 13.2. The third-order valence-corrected chi connectivity index (χ3v) is 3.48. The molecular weight excluding hydrogens is 299 g/mol. The number of benzene rings is 2. The van der Waals surface area contributed by atoms with Gasteiger partial charge in [-0.3, -0.25) is 9.59 Å². The SMILES string of the molecule is CC1(C)Oc2ccc(NC(=O)c3cccc(F)c3)cc2NC1=O. The smallest absolute Gasteiger partial charge is 0.268 e. The van der Waals surface area contributed by atoms with Crippen LogP contribution in [0.3, 0.4) is 0 Å². The number of anilines is 2. The molecule has 0 bridgehead atoms. The number of carbonyl (C=O) groups excluding carboxylic acids is 2. The lowest BCUT2D eigenvalue weighted by Crippen LogP contribution is -2.45. The van der Waals surface area contributed by atoms with Crippen molar-refractivity contribution in [3.63, 3.8) is 0 Å². The number of halogens is 1. The van der Waals surface area contributed by atoms with E-state index < -0.39 is 17.3 Å². The molecule has 6 heteroatoms. The van der Waals surface area contributed by atoms with Crippen molar-refractivity contribution in [3.05, 3.63) is 53.8 Å². The molecule has 0 atom stereocenters. The number of amides is 2. The van der Waals surface area contributed by atoms with Crippen LogP contribution in [0.25, 0.3) is 0 Å². The molecule has 2 aromatic carbocycles. The fraction of sp³-hybridized carbons (Fsp3) is 0.176. The number of hydrogen-bond donors (Lipinski definition) is 2. The Balaban J connectivity index is 1.82. The van der Waals surface area contributed by atoms with Gasteiger partial charge >= 0.3 is 0 Å². The predicted octanol–water partition coefficient (Wildman–Crippen LogP) is 3.19. The molecule has 0 unspecified atom stereocenters. The third-order valence-electron chi connectivity index (χ3n) is 3.48. The summed E-state index contributed by atoms with van der Waals surface area (Å²) >= 11 is 0. The Morgan fingerprint density at radius 3 is 2.74 bits per heavy atom. The minimum atomic E-state index is -0.945. The highest BCUT2D eigenvalue weighted by Gasteiger charge is 2.35. The van der Waals surface area contributed by atoms with E-state index in [1.807, 2.05) is 0 Å². The summed E-state index contributed by atoms with van der Waals surface area (Å²) in [5, 5.41) is 5.40. The Bertz CT molecular complexity index is 802. The molecule has 5 nitrogen and oxygen atoms in total. The number of carbonyl (C=O) groups is 2. The molecule has 0 saturated heterocycles. The Morgan fingerprint density at radius 1 is 1.22 bits per heavy atom. The van der Waals surface area contributed by atoms with Gasteiger partial charge in [-0.2, -0.15) is 0 Å².